The lowest BCUT2D eigenvalue weighted by Gasteiger charge is -2.09. The predicted octanol–water partition coefficient (Wildman–Crippen LogP) is 10.3. The zero-order chi connectivity index (χ0) is 93.2. The van der Waals surface area contributed by atoms with E-state index in [0.29, 0.717) is 41.3 Å². The zero-order valence-electron chi connectivity index (χ0n) is 72.8. The highest BCUT2D eigenvalue weighted by Crippen LogP contribution is 2.05. The molecule has 0 saturated carbocycles. The highest BCUT2D eigenvalue weighted by molar-refractivity contribution is 5.78. The van der Waals surface area contributed by atoms with E-state index in [4.69, 9.17) is 79.2 Å². The van der Waals surface area contributed by atoms with Crippen molar-refractivity contribution in [1.29, 1.82) is 0 Å². The van der Waals surface area contributed by atoms with E-state index >= 15 is 0 Å². The Labute approximate surface area is 711 Å². The standard InChI is InChI=1S/C12H20N2O4.2C11H18N2O4.C11H19NO3.2C10H17NO3.2C9H13NO3/c1-10(2)14-11(15)9-17-7-5-3-4-6-8-18-12(13)16;1-4-9(7-17-10(12)14)5-6-16-11(15)13-8(2)3;1-4-9(5-6-16-10(12)14)7-17-11(15)13-8(2)3;1-10(2)12-11(14)9-15-8-6-4-3-5-7-13;1-4-9(7-12)5-6-14-10(13)11-8(2)3;1-4-9(5-6-12)7-14-10(13)11-8(2)3;1-7(2)10-9(11)13-6-8-3-4-12-5-8;1-7(2)10-9(11)13-6-8-4-3-5-12-8/h3-6,10H,7-9H2,1-2H3,(H2,13,16)(H,14,15);2*4-5,8H,1,6-7H2,2-3H3,(H2,12,14)(H,13,15);3-6,10,13H,7-9H2,1-2H3,(H,12,14);2*4-5,8,12H,1,6-7H2,2-3H3,(H,11,13);2*3-5,7H,6H2,1-2H3,(H,10,11)/b5-3+,6-4+;2*9-5-;5-3+,6-4+;2*9-5-;;. The molecule has 684 valence electrons. The van der Waals surface area contributed by atoms with Gasteiger partial charge in [0.05, 0.1) is 51.8 Å². The molecule has 0 radical (unpaired) electrons. The fourth-order valence-electron chi connectivity index (χ4n) is 6.62. The molecule has 2 heterocycles. The van der Waals surface area contributed by atoms with Gasteiger partial charge in [0.1, 0.15) is 71.8 Å². The van der Waals surface area contributed by atoms with Crippen molar-refractivity contribution in [2.45, 2.75) is 172 Å². The first-order valence-corrected chi connectivity index (χ1v) is 38.0. The van der Waals surface area contributed by atoms with Gasteiger partial charge in [-0.25, -0.2) is 43.2 Å². The third-order valence-corrected chi connectivity index (χ3v) is 11.7. The molecule has 38 heteroatoms. The highest BCUT2D eigenvalue weighted by atomic mass is 16.6. The van der Waals surface area contributed by atoms with Crippen molar-refractivity contribution in [2.75, 3.05) is 92.5 Å². The number of nitrogens with one attached hydrogen (secondary N) is 8. The van der Waals surface area contributed by atoms with Crippen molar-refractivity contribution in [3.8, 4) is 0 Å². The molecule has 0 aliphatic heterocycles. The number of furan rings is 2. The number of primary amides is 3. The number of aliphatic hydroxyl groups is 3. The minimum atomic E-state index is -0.865. The molecule has 2 rings (SSSR count). The third-order valence-electron chi connectivity index (χ3n) is 11.7. The molecular formula is C83H135N11O27. The van der Waals surface area contributed by atoms with E-state index in [9.17, 15) is 52.7 Å². The minimum Gasteiger partial charge on any atom is -0.472 e. The van der Waals surface area contributed by atoms with Gasteiger partial charge in [0, 0.05) is 53.9 Å². The van der Waals surface area contributed by atoms with Crippen LogP contribution >= 0.6 is 0 Å². The molecule has 0 bridgehead atoms. The van der Waals surface area contributed by atoms with Gasteiger partial charge in [0.15, 0.2) is 6.61 Å². The van der Waals surface area contributed by atoms with Gasteiger partial charge in [0.2, 0.25) is 11.8 Å². The van der Waals surface area contributed by atoms with Gasteiger partial charge >= 0.3 is 54.8 Å². The van der Waals surface area contributed by atoms with Gasteiger partial charge < -0.3 is 136 Å². The summed E-state index contributed by atoms with van der Waals surface area (Å²) in [6.07, 6.45) is 25.3. The molecule has 0 unspecified atom stereocenters. The van der Waals surface area contributed by atoms with Crippen LogP contribution < -0.4 is 59.7 Å². The van der Waals surface area contributed by atoms with E-state index in [0.717, 1.165) is 5.56 Å². The summed E-state index contributed by atoms with van der Waals surface area (Å²) in [5.74, 6) is 0.395. The van der Waals surface area contributed by atoms with Crippen LogP contribution in [0.25, 0.3) is 0 Å². The van der Waals surface area contributed by atoms with Gasteiger partial charge in [-0.1, -0.05) is 99.2 Å². The molecule has 0 aliphatic carbocycles. The first-order chi connectivity index (χ1) is 57.1. The molecule has 38 nitrogen and oxygen atoms in total. The van der Waals surface area contributed by atoms with E-state index in [1.54, 1.807) is 110 Å². The number of aliphatic hydroxyl groups excluding tert-OH is 3. The molecule has 11 amide bonds. The van der Waals surface area contributed by atoms with E-state index < -0.39 is 54.8 Å². The maximum absolute atomic E-state index is 11.2. The Bertz CT molecular complexity index is 3370. The number of rotatable bonds is 43. The van der Waals surface area contributed by atoms with Crippen LogP contribution in [0, 0.1) is 0 Å². The van der Waals surface area contributed by atoms with Gasteiger partial charge in [-0.3, -0.25) is 9.59 Å². The normalized spacial score (nSPS) is 11.0. The van der Waals surface area contributed by atoms with E-state index in [-0.39, 0.29) is 153 Å². The number of amides is 11. The molecule has 0 saturated heterocycles. The number of ether oxygens (including phenoxy) is 11. The number of alkyl carbamates (subject to hydrolysis) is 6. The SMILES string of the molecule is C=C/C(=C/CO)COC(=O)NC(C)C.C=C/C(=C/COC(=O)NC(C)C)CO.C=C/C(=C/COC(=O)NC(C)C)COC(N)=O.C=C/C(=C/COC(N)=O)COC(=O)NC(C)C.CC(C)NC(=O)COC/C=C/C=C/CO.CC(C)NC(=O)COC/C=C/C=C/COC(N)=O.CC(C)NC(=O)OCc1ccco1.CC(C)NC(=O)OCc1ccoc1. The topological polar surface area (TPSA) is 551 Å². The molecule has 2 aromatic heterocycles. The summed E-state index contributed by atoms with van der Waals surface area (Å²) in [5.41, 5.74) is 17.8. The van der Waals surface area contributed by atoms with E-state index in [1.807, 2.05) is 111 Å². The summed E-state index contributed by atoms with van der Waals surface area (Å²) in [6.45, 7) is 45.5. The van der Waals surface area contributed by atoms with Crippen molar-refractivity contribution >= 4 is 66.7 Å². The fraction of sp³-hybridized carbons (Fsp3) is 0.482. The Morgan fingerprint density at radius 1 is 0.364 bits per heavy atom. The maximum atomic E-state index is 11.2. The average Bonchev–Trinajstić information content (AvgIpc) is 1.92. The lowest BCUT2D eigenvalue weighted by molar-refractivity contribution is -0.126. The zero-order valence-corrected chi connectivity index (χ0v) is 72.8. The summed E-state index contributed by atoms with van der Waals surface area (Å²) >= 11 is 0. The van der Waals surface area contributed by atoms with Crippen LogP contribution in [-0.2, 0) is 74.9 Å². The lowest BCUT2D eigenvalue weighted by atomic mass is 10.2. The van der Waals surface area contributed by atoms with Crippen molar-refractivity contribution in [3.63, 3.8) is 0 Å². The number of carbonyl (C=O) groups excluding carboxylic acids is 11. The monoisotopic (exact) mass is 1720 g/mol. The van der Waals surface area contributed by atoms with Crippen LogP contribution in [0.2, 0.25) is 0 Å². The van der Waals surface area contributed by atoms with Gasteiger partial charge in [-0.15, -0.1) is 0 Å². The highest BCUT2D eigenvalue weighted by Gasteiger charge is 2.11. The summed E-state index contributed by atoms with van der Waals surface area (Å²) in [5, 5.41) is 46.7. The van der Waals surface area contributed by atoms with Crippen molar-refractivity contribution in [3.05, 3.63) is 194 Å². The number of nitrogens with two attached hydrogens (primary N) is 3. The average molecular weight is 1720 g/mol. The summed E-state index contributed by atoms with van der Waals surface area (Å²) in [7, 11) is 0. The summed E-state index contributed by atoms with van der Waals surface area (Å²) in [6, 6.07) is 5.83. The van der Waals surface area contributed by atoms with Crippen molar-refractivity contribution in [1.82, 2.24) is 42.5 Å². The fourth-order valence-corrected chi connectivity index (χ4v) is 6.62. The van der Waals surface area contributed by atoms with Gasteiger partial charge in [-0.05, 0) is 176 Å². The smallest absolute Gasteiger partial charge is 0.407 e. The van der Waals surface area contributed by atoms with Crippen LogP contribution in [0.1, 0.15) is 122 Å². The molecule has 17 N–H and O–H groups in total. The predicted molar refractivity (Wildman–Crippen MR) is 459 cm³/mol. The van der Waals surface area contributed by atoms with E-state index in [2.05, 4.69) is 83.1 Å². The number of allylic oxidation sites excluding steroid dienone is 4. The third kappa shape index (κ3) is 98.1. The Morgan fingerprint density at radius 2 is 0.694 bits per heavy atom. The van der Waals surface area contributed by atoms with Crippen LogP contribution in [0.4, 0.5) is 43.2 Å². The number of hydrogen-bond acceptors (Lipinski definition) is 27. The Morgan fingerprint density at radius 3 is 1.02 bits per heavy atom. The van der Waals surface area contributed by atoms with Crippen LogP contribution in [0.15, 0.2) is 192 Å². The van der Waals surface area contributed by atoms with Crippen LogP contribution in [0.5, 0.6) is 0 Å². The van der Waals surface area contributed by atoms with Gasteiger partial charge in [-0.2, -0.15) is 0 Å². The quantitative estimate of drug-likeness (QED) is 0.0167. The first kappa shape index (κ1) is 119. The van der Waals surface area contributed by atoms with Crippen molar-refractivity contribution < 1.29 is 129 Å². The van der Waals surface area contributed by atoms with Crippen molar-refractivity contribution in [2.24, 2.45) is 17.2 Å². The Balaban J connectivity index is -0.000000313. The molecule has 0 aromatic carbocycles. The first-order valence-electron chi connectivity index (χ1n) is 38.0. The largest absolute Gasteiger partial charge is 0.472 e. The molecule has 2 aromatic rings. The Hall–Kier alpha value is -12.4. The molecule has 0 spiro atoms. The van der Waals surface area contributed by atoms with Gasteiger partial charge in [0.25, 0.3) is 0 Å². The molecule has 0 aliphatic rings. The lowest BCUT2D eigenvalue weighted by Crippen LogP contribution is -2.33. The summed E-state index contributed by atoms with van der Waals surface area (Å²) in [4.78, 5) is 119. The Kier molecular flexibility index (Phi) is 81.6. The summed E-state index contributed by atoms with van der Waals surface area (Å²) < 4.78 is 62.7. The number of hydrogen-bond donors (Lipinski definition) is 14. The number of carbonyl (C=O) groups is 11. The second-order valence-electron chi connectivity index (χ2n) is 26.0. The van der Waals surface area contributed by atoms with Crippen LogP contribution in [-0.4, -0.2) is 223 Å². The minimum absolute atomic E-state index is 0.00793. The maximum Gasteiger partial charge on any atom is 0.407 e. The molecule has 0 fully saturated rings. The second kappa shape index (κ2) is 82.7. The molecular weight excluding hydrogens is 1580 g/mol. The second-order valence-corrected chi connectivity index (χ2v) is 26.0. The van der Waals surface area contributed by atoms with E-state index in [1.165, 1.54) is 24.3 Å². The molecule has 121 heavy (non-hydrogen) atoms. The van der Waals surface area contributed by atoms with Crippen LogP contribution in [0.3, 0.4) is 0 Å². The molecule has 0 atom stereocenters.